The van der Waals surface area contributed by atoms with E-state index >= 15 is 0 Å². The first-order chi connectivity index (χ1) is 6.90. The predicted octanol–water partition coefficient (Wildman–Crippen LogP) is 1.49. The first-order valence-corrected chi connectivity index (χ1v) is 5.26. The molecule has 14 heavy (non-hydrogen) atoms. The molecular weight excluding hydrogens is 178 g/mol. The Morgan fingerprint density at radius 2 is 2.64 bits per heavy atom. The second kappa shape index (κ2) is 4.46. The van der Waals surface area contributed by atoms with Crippen LogP contribution in [0.4, 0.5) is 5.82 Å². The normalized spacial score (nSPS) is 21.4. The molecule has 4 heteroatoms. The second-order valence-corrected chi connectivity index (χ2v) is 3.64. The van der Waals surface area contributed by atoms with Gasteiger partial charge < -0.3 is 10.1 Å². The summed E-state index contributed by atoms with van der Waals surface area (Å²) in [7, 11) is 0. The highest BCUT2D eigenvalue weighted by atomic mass is 16.5. The van der Waals surface area contributed by atoms with Gasteiger partial charge in [0.2, 0.25) is 0 Å². The summed E-state index contributed by atoms with van der Waals surface area (Å²) in [5.41, 5.74) is 0. The van der Waals surface area contributed by atoms with Gasteiger partial charge >= 0.3 is 0 Å². The zero-order valence-electron chi connectivity index (χ0n) is 8.57. The highest BCUT2D eigenvalue weighted by Gasteiger charge is 2.16. The largest absolute Gasteiger partial charge is 0.379 e. The molecule has 0 spiro atoms. The Morgan fingerprint density at radius 1 is 1.71 bits per heavy atom. The van der Waals surface area contributed by atoms with E-state index in [9.17, 15) is 0 Å². The van der Waals surface area contributed by atoms with Crippen molar-refractivity contribution in [1.29, 1.82) is 0 Å². The van der Waals surface area contributed by atoms with Crippen LogP contribution in [0.15, 0.2) is 12.3 Å². The van der Waals surface area contributed by atoms with Crippen molar-refractivity contribution in [3.8, 4) is 0 Å². The van der Waals surface area contributed by atoms with Gasteiger partial charge in [0.1, 0.15) is 5.82 Å². The third kappa shape index (κ3) is 2.07. The monoisotopic (exact) mass is 195 g/mol. The van der Waals surface area contributed by atoms with E-state index in [1.807, 2.05) is 16.9 Å². The number of rotatable bonds is 4. The maximum absolute atomic E-state index is 5.31. The number of aryl methyl sites for hydroxylation is 1. The van der Waals surface area contributed by atoms with Crippen LogP contribution < -0.4 is 5.32 Å². The molecule has 1 aromatic rings. The molecule has 2 heterocycles. The minimum atomic E-state index is 0.460. The highest BCUT2D eigenvalue weighted by Crippen LogP contribution is 2.13. The van der Waals surface area contributed by atoms with Gasteiger partial charge in [0, 0.05) is 19.2 Å². The quantitative estimate of drug-likeness (QED) is 0.791. The smallest absolute Gasteiger partial charge is 0.124 e. The molecule has 0 bridgehead atoms. The van der Waals surface area contributed by atoms with Gasteiger partial charge in [-0.25, -0.2) is 4.68 Å². The molecule has 0 aliphatic carbocycles. The van der Waals surface area contributed by atoms with Crippen LogP contribution in [-0.4, -0.2) is 29.0 Å². The van der Waals surface area contributed by atoms with Crippen molar-refractivity contribution in [1.82, 2.24) is 9.78 Å². The van der Waals surface area contributed by atoms with Crippen LogP contribution >= 0.6 is 0 Å². The molecule has 0 amide bonds. The molecule has 1 aliphatic rings. The SMILES string of the molecule is CCCn1nccc1NC1CCOC1. The maximum Gasteiger partial charge on any atom is 0.124 e. The van der Waals surface area contributed by atoms with Crippen molar-refractivity contribution in [3.05, 3.63) is 12.3 Å². The second-order valence-electron chi connectivity index (χ2n) is 3.64. The third-order valence-electron chi connectivity index (χ3n) is 2.43. The molecule has 0 aromatic carbocycles. The maximum atomic E-state index is 5.31. The number of nitrogens with zero attached hydrogens (tertiary/aromatic N) is 2. The van der Waals surface area contributed by atoms with Crippen LogP contribution in [0, 0.1) is 0 Å². The van der Waals surface area contributed by atoms with Gasteiger partial charge in [-0.2, -0.15) is 5.10 Å². The number of anilines is 1. The topological polar surface area (TPSA) is 39.1 Å². The van der Waals surface area contributed by atoms with E-state index in [1.165, 1.54) is 0 Å². The Labute approximate surface area is 84.3 Å². The van der Waals surface area contributed by atoms with Crippen LogP contribution in [0.2, 0.25) is 0 Å². The van der Waals surface area contributed by atoms with Gasteiger partial charge in [-0.05, 0) is 12.8 Å². The summed E-state index contributed by atoms with van der Waals surface area (Å²) in [6.07, 6.45) is 4.04. The van der Waals surface area contributed by atoms with Crippen LogP contribution in [0.3, 0.4) is 0 Å². The van der Waals surface area contributed by atoms with Gasteiger partial charge in [-0.1, -0.05) is 6.92 Å². The van der Waals surface area contributed by atoms with Gasteiger partial charge in [0.25, 0.3) is 0 Å². The van der Waals surface area contributed by atoms with Gasteiger partial charge in [0.15, 0.2) is 0 Å². The molecule has 1 N–H and O–H groups in total. The standard InChI is InChI=1S/C10H17N3O/c1-2-6-13-10(3-5-11-13)12-9-4-7-14-8-9/h3,5,9,12H,2,4,6-8H2,1H3. The van der Waals surface area contributed by atoms with Crippen molar-refractivity contribution in [2.45, 2.75) is 32.4 Å². The van der Waals surface area contributed by atoms with Crippen molar-refractivity contribution in [2.24, 2.45) is 0 Å². The van der Waals surface area contributed by atoms with Crippen LogP contribution in [0.1, 0.15) is 19.8 Å². The number of nitrogens with one attached hydrogen (secondary N) is 1. The summed E-state index contributed by atoms with van der Waals surface area (Å²) >= 11 is 0. The lowest BCUT2D eigenvalue weighted by Gasteiger charge is -2.13. The third-order valence-corrected chi connectivity index (χ3v) is 2.43. The van der Waals surface area contributed by atoms with Gasteiger partial charge in [-0.15, -0.1) is 0 Å². The van der Waals surface area contributed by atoms with Crippen LogP contribution in [0.25, 0.3) is 0 Å². The lowest BCUT2D eigenvalue weighted by atomic mass is 10.2. The molecule has 4 nitrogen and oxygen atoms in total. The van der Waals surface area contributed by atoms with E-state index in [1.54, 1.807) is 0 Å². The number of ether oxygens (including phenoxy) is 1. The summed E-state index contributed by atoms with van der Waals surface area (Å²) in [5.74, 6) is 1.11. The Morgan fingerprint density at radius 3 is 3.36 bits per heavy atom. The molecule has 2 rings (SSSR count). The zero-order valence-corrected chi connectivity index (χ0v) is 8.57. The summed E-state index contributed by atoms with van der Waals surface area (Å²) in [6, 6.07) is 2.48. The average molecular weight is 195 g/mol. The molecule has 1 aliphatic heterocycles. The summed E-state index contributed by atoms with van der Waals surface area (Å²) in [4.78, 5) is 0. The summed E-state index contributed by atoms with van der Waals surface area (Å²) < 4.78 is 7.33. The molecule has 0 saturated carbocycles. The van der Waals surface area contributed by atoms with E-state index < -0.39 is 0 Å². The summed E-state index contributed by atoms with van der Waals surface area (Å²) in [5, 5.41) is 7.71. The van der Waals surface area contributed by atoms with Crippen LogP contribution in [0.5, 0.6) is 0 Å². The first-order valence-electron chi connectivity index (χ1n) is 5.26. The molecule has 0 radical (unpaired) electrons. The zero-order chi connectivity index (χ0) is 9.80. The number of hydrogen-bond donors (Lipinski definition) is 1. The lowest BCUT2D eigenvalue weighted by Crippen LogP contribution is -2.21. The number of hydrogen-bond acceptors (Lipinski definition) is 3. The summed E-state index contributed by atoms with van der Waals surface area (Å²) in [6.45, 7) is 4.82. The van der Waals surface area contributed by atoms with E-state index in [0.717, 1.165) is 38.4 Å². The lowest BCUT2D eigenvalue weighted by molar-refractivity contribution is 0.195. The Bertz CT molecular complexity index is 279. The van der Waals surface area contributed by atoms with Crippen LogP contribution in [-0.2, 0) is 11.3 Å². The van der Waals surface area contributed by atoms with Crippen molar-refractivity contribution < 1.29 is 4.74 Å². The molecule has 1 aromatic heterocycles. The molecular formula is C10H17N3O. The fourth-order valence-electron chi connectivity index (χ4n) is 1.70. The minimum absolute atomic E-state index is 0.460. The fraction of sp³-hybridized carbons (Fsp3) is 0.700. The van der Waals surface area contributed by atoms with E-state index in [4.69, 9.17) is 4.74 Å². The minimum Gasteiger partial charge on any atom is -0.379 e. The molecule has 78 valence electrons. The first kappa shape index (κ1) is 9.52. The van der Waals surface area contributed by atoms with Gasteiger partial charge in [-0.3, -0.25) is 0 Å². The number of aromatic nitrogens is 2. The predicted molar refractivity (Wildman–Crippen MR) is 55.4 cm³/mol. The Kier molecular flexibility index (Phi) is 3.03. The average Bonchev–Trinajstić information content (AvgIpc) is 2.80. The van der Waals surface area contributed by atoms with E-state index in [0.29, 0.717) is 6.04 Å². The highest BCUT2D eigenvalue weighted by molar-refractivity contribution is 5.35. The molecule has 1 unspecified atom stereocenters. The van der Waals surface area contributed by atoms with Crippen molar-refractivity contribution >= 4 is 5.82 Å². The molecule has 1 atom stereocenters. The molecule has 1 saturated heterocycles. The fourth-order valence-corrected chi connectivity index (χ4v) is 1.70. The Hall–Kier alpha value is -1.03. The van der Waals surface area contributed by atoms with Gasteiger partial charge in [0.05, 0.1) is 18.8 Å². The van der Waals surface area contributed by atoms with E-state index in [2.05, 4.69) is 17.3 Å². The Balaban J connectivity index is 1.96. The van der Waals surface area contributed by atoms with E-state index in [-0.39, 0.29) is 0 Å². The molecule has 1 fully saturated rings. The van der Waals surface area contributed by atoms with Crippen molar-refractivity contribution in [2.75, 3.05) is 18.5 Å². The van der Waals surface area contributed by atoms with Crippen molar-refractivity contribution in [3.63, 3.8) is 0 Å².